The fourth-order valence-corrected chi connectivity index (χ4v) is 2.68. The normalized spacial score (nSPS) is 12.3. The standard InChI is InChI=1S/C12H15N3O3S/c1-9(12(14)16)15-19(17,18)11-7-3-2-5-10(11)6-4-8-13/h2-3,5,7,9,15H,8,13H2,1H3,(H2,14,16). The fraction of sp³-hybridized carbons (Fsp3) is 0.250. The predicted octanol–water partition coefficient (Wildman–Crippen LogP) is -0.851. The first-order valence-corrected chi connectivity index (χ1v) is 6.96. The van der Waals surface area contributed by atoms with E-state index in [2.05, 4.69) is 16.6 Å². The number of nitrogens with one attached hydrogen (secondary N) is 1. The maximum atomic E-state index is 12.1. The molecule has 7 heteroatoms. The number of benzene rings is 1. The van der Waals surface area contributed by atoms with Crippen LogP contribution in [-0.2, 0) is 14.8 Å². The Bertz CT molecular complexity index is 629. The third-order valence-electron chi connectivity index (χ3n) is 2.26. The first-order valence-electron chi connectivity index (χ1n) is 5.48. The summed E-state index contributed by atoms with van der Waals surface area (Å²) in [5.74, 6) is 4.50. The molecule has 6 nitrogen and oxygen atoms in total. The number of amides is 1. The second kappa shape index (κ2) is 6.33. The lowest BCUT2D eigenvalue weighted by molar-refractivity contribution is -0.119. The predicted molar refractivity (Wildman–Crippen MR) is 71.4 cm³/mol. The average molecular weight is 281 g/mol. The van der Waals surface area contributed by atoms with Crippen molar-refractivity contribution in [3.05, 3.63) is 29.8 Å². The lowest BCUT2D eigenvalue weighted by Crippen LogP contribution is -2.42. The van der Waals surface area contributed by atoms with Crippen LogP contribution in [-0.4, -0.2) is 26.9 Å². The van der Waals surface area contributed by atoms with Gasteiger partial charge in [-0.05, 0) is 19.1 Å². The molecular formula is C12H15N3O3S. The largest absolute Gasteiger partial charge is 0.368 e. The molecule has 0 saturated heterocycles. The number of carbonyl (C=O) groups is 1. The molecular weight excluding hydrogens is 266 g/mol. The summed E-state index contributed by atoms with van der Waals surface area (Å²) in [5, 5.41) is 0. The van der Waals surface area contributed by atoms with E-state index < -0.39 is 22.0 Å². The van der Waals surface area contributed by atoms with Crippen molar-refractivity contribution in [2.45, 2.75) is 17.9 Å². The van der Waals surface area contributed by atoms with E-state index in [1.165, 1.54) is 13.0 Å². The molecule has 0 aliphatic carbocycles. The maximum Gasteiger partial charge on any atom is 0.242 e. The summed E-state index contributed by atoms with van der Waals surface area (Å²) in [6.07, 6.45) is 0. The minimum absolute atomic E-state index is 0.0101. The first-order chi connectivity index (χ1) is 8.88. The zero-order chi connectivity index (χ0) is 14.5. The molecule has 1 atom stereocenters. The first kappa shape index (κ1) is 15.2. The van der Waals surface area contributed by atoms with Crippen LogP contribution in [0.4, 0.5) is 0 Å². The number of carbonyl (C=O) groups excluding carboxylic acids is 1. The Morgan fingerprint density at radius 1 is 1.42 bits per heavy atom. The van der Waals surface area contributed by atoms with Crippen molar-refractivity contribution in [3.8, 4) is 11.8 Å². The van der Waals surface area contributed by atoms with Crippen LogP contribution in [0.1, 0.15) is 12.5 Å². The number of nitrogens with two attached hydrogens (primary N) is 2. The highest BCUT2D eigenvalue weighted by Crippen LogP contribution is 2.14. The summed E-state index contributed by atoms with van der Waals surface area (Å²) in [7, 11) is -3.86. The molecule has 0 aliphatic rings. The molecule has 102 valence electrons. The van der Waals surface area contributed by atoms with E-state index >= 15 is 0 Å². The second-order valence-electron chi connectivity index (χ2n) is 3.75. The molecule has 0 radical (unpaired) electrons. The van der Waals surface area contributed by atoms with Crippen LogP contribution in [0.5, 0.6) is 0 Å². The Hall–Kier alpha value is -1.88. The molecule has 1 aromatic carbocycles. The van der Waals surface area contributed by atoms with Gasteiger partial charge in [0, 0.05) is 5.56 Å². The van der Waals surface area contributed by atoms with Gasteiger partial charge in [-0.3, -0.25) is 4.79 Å². The molecule has 0 heterocycles. The van der Waals surface area contributed by atoms with Crippen molar-refractivity contribution in [2.24, 2.45) is 11.5 Å². The molecule has 1 unspecified atom stereocenters. The zero-order valence-electron chi connectivity index (χ0n) is 10.4. The zero-order valence-corrected chi connectivity index (χ0v) is 11.2. The summed E-state index contributed by atoms with van der Waals surface area (Å²) in [6, 6.07) is 5.19. The second-order valence-corrected chi connectivity index (χ2v) is 5.43. The van der Waals surface area contributed by atoms with E-state index in [0.717, 1.165) is 0 Å². The van der Waals surface area contributed by atoms with E-state index in [0.29, 0.717) is 5.56 Å². The lowest BCUT2D eigenvalue weighted by atomic mass is 10.2. The van der Waals surface area contributed by atoms with Gasteiger partial charge in [0.25, 0.3) is 0 Å². The number of hydrogen-bond donors (Lipinski definition) is 3. The molecule has 0 aliphatic heterocycles. The third-order valence-corrected chi connectivity index (χ3v) is 3.86. The van der Waals surface area contributed by atoms with Crippen molar-refractivity contribution < 1.29 is 13.2 Å². The van der Waals surface area contributed by atoms with E-state index in [1.807, 2.05) is 0 Å². The topological polar surface area (TPSA) is 115 Å². The van der Waals surface area contributed by atoms with Gasteiger partial charge in [-0.15, -0.1) is 0 Å². The van der Waals surface area contributed by atoms with Gasteiger partial charge in [0.2, 0.25) is 15.9 Å². The van der Waals surface area contributed by atoms with Crippen LogP contribution in [0, 0.1) is 11.8 Å². The van der Waals surface area contributed by atoms with Gasteiger partial charge < -0.3 is 11.5 Å². The van der Waals surface area contributed by atoms with E-state index in [4.69, 9.17) is 11.5 Å². The maximum absolute atomic E-state index is 12.1. The molecule has 5 N–H and O–H groups in total. The van der Waals surface area contributed by atoms with E-state index in [1.54, 1.807) is 18.2 Å². The Balaban J connectivity index is 3.18. The molecule has 0 bridgehead atoms. The lowest BCUT2D eigenvalue weighted by Gasteiger charge is -2.12. The van der Waals surface area contributed by atoms with Gasteiger partial charge in [0.15, 0.2) is 0 Å². The molecule has 0 spiro atoms. The highest BCUT2D eigenvalue weighted by molar-refractivity contribution is 7.89. The summed E-state index contributed by atoms with van der Waals surface area (Å²) in [6.45, 7) is 1.49. The smallest absolute Gasteiger partial charge is 0.242 e. The summed E-state index contributed by atoms with van der Waals surface area (Å²) in [5.41, 5.74) is 10.6. The monoisotopic (exact) mass is 281 g/mol. The summed E-state index contributed by atoms with van der Waals surface area (Å²) < 4.78 is 26.4. The fourth-order valence-electron chi connectivity index (χ4n) is 1.30. The van der Waals surface area contributed by atoms with Crippen LogP contribution in [0.15, 0.2) is 29.2 Å². The molecule has 0 aromatic heterocycles. The van der Waals surface area contributed by atoms with Crippen LogP contribution in [0.25, 0.3) is 0 Å². The average Bonchev–Trinajstić information content (AvgIpc) is 2.36. The molecule has 0 saturated carbocycles. The van der Waals surface area contributed by atoms with Crippen molar-refractivity contribution in [1.82, 2.24) is 4.72 Å². The molecule has 19 heavy (non-hydrogen) atoms. The van der Waals surface area contributed by atoms with Crippen molar-refractivity contribution in [2.75, 3.05) is 6.54 Å². The Morgan fingerprint density at radius 3 is 2.63 bits per heavy atom. The number of primary amides is 1. The minimum Gasteiger partial charge on any atom is -0.368 e. The van der Waals surface area contributed by atoms with Gasteiger partial charge in [0.1, 0.15) is 0 Å². The van der Waals surface area contributed by atoms with Crippen LogP contribution in [0.2, 0.25) is 0 Å². The van der Waals surface area contributed by atoms with Crippen molar-refractivity contribution in [1.29, 1.82) is 0 Å². The molecule has 1 rings (SSSR count). The molecule has 0 fully saturated rings. The van der Waals surface area contributed by atoms with Crippen LogP contribution >= 0.6 is 0 Å². The Labute approximate surface area is 112 Å². The van der Waals surface area contributed by atoms with Crippen LogP contribution in [0.3, 0.4) is 0 Å². The van der Waals surface area contributed by atoms with Gasteiger partial charge in [-0.2, -0.15) is 4.72 Å². The highest BCUT2D eigenvalue weighted by Gasteiger charge is 2.22. The number of rotatable bonds is 4. The summed E-state index contributed by atoms with van der Waals surface area (Å²) in [4.78, 5) is 10.9. The quantitative estimate of drug-likeness (QED) is 0.623. The van der Waals surface area contributed by atoms with E-state index in [-0.39, 0.29) is 11.4 Å². The van der Waals surface area contributed by atoms with Gasteiger partial charge >= 0.3 is 0 Å². The van der Waals surface area contributed by atoms with Crippen molar-refractivity contribution in [3.63, 3.8) is 0 Å². The van der Waals surface area contributed by atoms with Gasteiger partial charge in [0.05, 0.1) is 17.5 Å². The SMILES string of the molecule is CC(NS(=O)(=O)c1ccccc1C#CCN)C(N)=O. The van der Waals surface area contributed by atoms with Crippen LogP contribution < -0.4 is 16.2 Å². The Morgan fingerprint density at radius 2 is 2.05 bits per heavy atom. The summed E-state index contributed by atoms with van der Waals surface area (Å²) >= 11 is 0. The molecule has 1 amide bonds. The highest BCUT2D eigenvalue weighted by atomic mass is 32.2. The van der Waals surface area contributed by atoms with Crippen molar-refractivity contribution >= 4 is 15.9 Å². The van der Waals surface area contributed by atoms with Gasteiger partial charge in [-0.1, -0.05) is 24.0 Å². The van der Waals surface area contributed by atoms with Gasteiger partial charge in [-0.25, -0.2) is 8.42 Å². The molecule has 1 aromatic rings. The van der Waals surface area contributed by atoms with E-state index in [9.17, 15) is 13.2 Å². The number of sulfonamides is 1. The minimum atomic E-state index is -3.86. The number of hydrogen-bond acceptors (Lipinski definition) is 4. The third kappa shape index (κ3) is 4.06. The Kier molecular flexibility index (Phi) is 5.06.